The van der Waals surface area contributed by atoms with Crippen LogP contribution >= 0.6 is 34.8 Å². The Balaban J connectivity index is 2.41. The third-order valence-corrected chi connectivity index (χ3v) is 5.16. The molecule has 0 bridgehead atoms. The Bertz CT molecular complexity index is 1050. The van der Waals surface area contributed by atoms with Gasteiger partial charge in [0.15, 0.2) is 11.7 Å². The first-order valence-electron chi connectivity index (χ1n) is 7.09. The molecular weight excluding hydrogens is 429 g/mol. The van der Waals surface area contributed by atoms with Crippen LogP contribution in [-0.2, 0) is 9.59 Å². The number of benzene rings is 2. The molecule has 0 saturated heterocycles. The van der Waals surface area contributed by atoms with Gasteiger partial charge in [-0.1, -0.05) is 34.8 Å². The van der Waals surface area contributed by atoms with E-state index in [1.54, 1.807) is 0 Å². The van der Waals surface area contributed by atoms with Gasteiger partial charge in [-0.2, -0.15) is 0 Å². The van der Waals surface area contributed by atoms with Crippen molar-refractivity contribution in [2.45, 2.75) is 0 Å². The van der Waals surface area contributed by atoms with E-state index in [0.29, 0.717) is 11.0 Å². The molecule has 0 aromatic heterocycles. The molecule has 1 aliphatic heterocycles. The van der Waals surface area contributed by atoms with Gasteiger partial charge in [0.2, 0.25) is 0 Å². The molecule has 11 heteroatoms. The Morgan fingerprint density at radius 2 is 1.70 bits per heavy atom. The number of carboxylic acid groups (broad SMARTS) is 1. The molecule has 6 nitrogen and oxygen atoms in total. The predicted octanol–water partition coefficient (Wildman–Crippen LogP) is 4.07. The second kappa shape index (κ2) is 6.63. The monoisotopic (exact) mass is 434 g/mol. The summed E-state index contributed by atoms with van der Waals surface area (Å²) in [5.74, 6) is -8.69. The number of carbonyl (C=O) groups excluding carboxylic acids is 2. The van der Waals surface area contributed by atoms with E-state index in [4.69, 9.17) is 40.5 Å². The Hall–Kier alpha value is -2.42. The van der Waals surface area contributed by atoms with Crippen molar-refractivity contribution in [2.75, 3.05) is 10.6 Å². The van der Waals surface area contributed by atoms with Crippen LogP contribution in [0.3, 0.4) is 0 Å². The lowest BCUT2D eigenvalue weighted by Crippen LogP contribution is -2.46. The van der Waals surface area contributed by atoms with Gasteiger partial charge >= 0.3 is 5.97 Å². The van der Waals surface area contributed by atoms with Crippen molar-refractivity contribution in [1.29, 1.82) is 0 Å². The average molecular weight is 436 g/mol. The highest BCUT2D eigenvalue weighted by atomic mass is 35.5. The van der Waals surface area contributed by atoms with Gasteiger partial charge < -0.3 is 10.8 Å². The lowest BCUT2D eigenvalue weighted by molar-refractivity contribution is -0.143. The lowest BCUT2D eigenvalue weighted by Gasteiger charge is -2.33. The molecule has 0 fully saturated rings. The molecule has 2 aromatic carbocycles. The Morgan fingerprint density at radius 1 is 1.07 bits per heavy atom. The zero-order valence-electron chi connectivity index (χ0n) is 12.9. The van der Waals surface area contributed by atoms with Gasteiger partial charge in [-0.15, -0.1) is 0 Å². The lowest BCUT2D eigenvalue weighted by atomic mass is 9.89. The van der Waals surface area contributed by atoms with E-state index in [-0.39, 0.29) is 26.3 Å². The number of anilines is 3. The van der Waals surface area contributed by atoms with Crippen LogP contribution in [-0.4, -0.2) is 22.8 Å². The van der Waals surface area contributed by atoms with E-state index >= 15 is 0 Å². The highest BCUT2D eigenvalue weighted by Gasteiger charge is 2.47. The molecule has 0 aliphatic carbocycles. The molecule has 1 heterocycles. The summed E-state index contributed by atoms with van der Waals surface area (Å²) in [6.07, 6.45) is 0. The van der Waals surface area contributed by atoms with E-state index in [2.05, 4.69) is 0 Å². The minimum atomic E-state index is -2.18. The number of Topliss-reactive ketones (excluding diaryl/α,β-unsaturated/α-hetero) is 1. The van der Waals surface area contributed by atoms with Crippen LogP contribution in [0.5, 0.6) is 0 Å². The molecular formula is C16H7Cl3F2N2O4. The molecule has 0 saturated carbocycles. The highest BCUT2D eigenvalue weighted by Crippen LogP contribution is 2.47. The van der Waals surface area contributed by atoms with Crippen molar-refractivity contribution >= 4 is 69.5 Å². The number of ketones is 1. The van der Waals surface area contributed by atoms with Crippen LogP contribution in [0.25, 0.3) is 0 Å². The summed E-state index contributed by atoms with van der Waals surface area (Å²) in [5, 5.41) is 8.49. The third-order valence-electron chi connectivity index (χ3n) is 3.91. The minimum absolute atomic E-state index is 0.175. The van der Waals surface area contributed by atoms with Crippen LogP contribution in [0.2, 0.25) is 15.1 Å². The predicted molar refractivity (Wildman–Crippen MR) is 94.8 cm³/mol. The van der Waals surface area contributed by atoms with E-state index in [1.165, 1.54) is 0 Å². The Labute approximate surface area is 165 Å². The van der Waals surface area contributed by atoms with E-state index < -0.39 is 46.6 Å². The third kappa shape index (κ3) is 2.90. The fraction of sp³-hybridized carbons (Fsp3) is 0.0625. The average Bonchev–Trinajstić information content (AvgIpc) is 2.58. The second-order valence-corrected chi connectivity index (χ2v) is 6.68. The first-order chi connectivity index (χ1) is 12.6. The number of amides is 1. The molecule has 2 aromatic rings. The maximum atomic E-state index is 14.4. The topological polar surface area (TPSA) is 101 Å². The smallest absolute Gasteiger partial charge is 0.324 e. The molecule has 3 rings (SSSR count). The van der Waals surface area contributed by atoms with Gasteiger partial charge in [-0.05, 0) is 12.1 Å². The minimum Gasteiger partial charge on any atom is -0.480 e. The van der Waals surface area contributed by atoms with Gasteiger partial charge in [0.05, 0.1) is 32.1 Å². The van der Waals surface area contributed by atoms with E-state index in [0.717, 1.165) is 12.1 Å². The quantitative estimate of drug-likeness (QED) is 0.421. The standard InChI is InChI=1S/C16H7Cl3F2N2O4/c17-5-1-4-13(12(19)11(5)18)23(15(25)10(14(4)24)16(26)27)9-3-8(22)6(20)2-7(9)21/h1-3,10H,22H2,(H,26,27). The van der Waals surface area contributed by atoms with Gasteiger partial charge in [0.1, 0.15) is 11.6 Å². The Morgan fingerprint density at radius 3 is 2.30 bits per heavy atom. The highest BCUT2D eigenvalue weighted by molar-refractivity contribution is 6.51. The van der Waals surface area contributed by atoms with Gasteiger partial charge in [-0.3, -0.25) is 19.3 Å². The van der Waals surface area contributed by atoms with Crippen LogP contribution in [0.4, 0.5) is 25.8 Å². The maximum Gasteiger partial charge on any atom is 0.324 e. The van der Waals surface area contributed by atoms with Crippen LogP contribution in [0.1, 0.15) is 10.4 Å². The fourth-order valence-corrected chi connectivity index (χ4v) is 3.37. The van der Waals surface area contributed by atoms with Crippen molar-refractivity contribution < 1.29 is 28.3 Å². The van der Waals surface area contributed by atoms with E-state index in [9.17, 15) is 28.3 Å². The zero-order valence-corrected chi connectivity index (χ0v) is 15.2. The number of hydrogen-bond acceptors (Lipinski definition) is 4. The molecule has 1 aliphatic rings. The summed E-state index contributed by atoms with van der Waals surface area (Å²) in [6, 6.07) is 2.21. The number of carboxylic acids is 1. The molecule has 27 heavy (non-hydrogen) atoms. The SMILES string of the molecule is Nc1cc(N2C(=O)C(C(=O)O)C(=O)c3cc(Cl)c(Cl)c(Cl)c32)c(F)cc1F. The molecule has 0 spiro atoms. The second-order valence-electron chi connectivity index (χ2n) is 5.52. The van der Waals surface area contributed by atoms with Crippen molar-refractivity contribution in [1.82, 2.24) is 0 Å². The summed E-state index contributed by atoms with van der Waals surface area (Å²) >= 11 is 17.9. The van der Waals surface area contributed by atoms with Gasteiger partial charge in [0.25, 0.3) is 5.91 Å². The molecule has 1 amide bonds. The largest absolute Gasteiger partial charge is 0.480 e. The van der Waals surface area contributed by atoms with Crippen molar-refractivity contribution in [3.8, 4) is 0 Å². The van der Waals surface area contributed by atoms with Crippen LogP contribution in [0.15, 0.2) is 18.2 Å². The number of hydrogen-bond donors (Lipinski definition) is 2. The van der Waals surface area contributed by atoms with Crippen molar-refractivity contribution in [3.63, 3.8) is 0 Å². The molecule has 1 unspecified atom stereocenters. The first kappa shape index (κ1) is 19.3. The van der Waals surface area contributed by atoms with Gasteiger partial charge in [0, 0.05) is 11.6 Å². The number of rotatable bonds is 2. The molecule has 140 valence electrons. The number of carbonyl (C=O) groups is 3. The number of nitrogens with two attached hydrogens (primary N) is 1. The Kier molecular flexibility index (Phi) is 4.75. The van der Waals surface area contributed by atoms with Crippen molar-refractivity contribution in [2.24, 2.45) is 5.92 Å². The number of fused-ring (bicyclic) bond motifs is 1. The number of nitrogens with zero attached hydrogens (tertiary/aromatic N) is 1. The van der Waals surface area contributed by atoms with E-state index in [1.807, 2.05) is 0 Å². The molecule has 3 N–H and O–H groups in total. The number of nitrogen functional groups attached to an aromatic ring is 1. The first-order valence-corrected chi connectivity index (χ1v) is 8.22. The summed E-state index contributed by atoms with van der Waals surface area (Å²) in [7, 11) is 0. The number of halogens is 5. The van der Waals surface area contributed by atoms with Crippen LogP contribution in [0, 0.1) is 17.6 Å². The van der Waals surface area contributed by atoms with Crippen LogP contribution < -0.4 is 10.6 Å². The molecule has 1 atom stereocenters. The number of aliphatic carboxylic acids is 1. The summed E-state index contributed by atoms with van der Waals surface area (Å²) in [6.45, 7) is 0. The summed E-state index contributed by atoms with van der Waals surface area (Å²) in [4.78, 5) is 37.2. The normalized spacial score (nSPS) is 16.5. The zero-order chi connectivity index (χ0) is 20.2. The fourth-order valence-electron chi connectivity index (χ4n) is 2.68. The van der Waals surface area contributed by atoms with Gasteiger partial charge in [-0.25, -0.2) is 8.78 Å². The summed E-state index contributed by atoms with van der Waals surface area (Å²) in [5.41, 5.74) is 3.59. The molecule has 0 radical (unpaired) electrons. The van der Waals surface area contributed by atoms with Crippen molar-refractivity contribution in [3.05, 3.63) is 50.5 Å². The summed E-state index contributed by atoms with van der Waals surface area (Å²) < 4.78 is 27.9. The maximum absolute atomic E-state index is 14.4.